The Hall–Kier alpha value is -0.780. The molecule has 5 saturated carbocycles. The molecule has 0 unspecified atom stereocenters. The Kier molecular flexibility index (Phi) is 42.4. The van der Waals surface area contributed by atoms with Gasteiger partial charge in [-0.1, -0.05) is 172 Å². The molecule has 74 heavy (non-hydrogen) atoms. The maximum atomic E-state index is 11.5. The molecular weight excluding hydrogens is 937 g/mol. The van der Waals surface area contributed by atoms with Gasteiger partial charge in [-0.15, -0.1) is 0 Å². The summed E-state index contributed by atoms with van der Waals surface area (Å²) in [5.74, 6) is 8.92. The van der Waals surface area contributed by atoms with Gasteiger partial charge in [0.2, 0.25) is 15.9 Å². The second-order valence-electron chi connectivity index (χ2n) is 26.6. The number of amides is 1. The van der Waals surface area contributed by atoms with E-state index in [4.69, 9.17) is 9.84 Å². The van der Waals surface area contributed by atoms with E-state index in [-0.39, 0.29) is 5.91 Å². The minimum Gasteiger partial charge on any atom is -0.395 e. The number of aliphatic hydroxyl groups excluding tert-OH is 1. The van der Waals surface area contributed by atoms with E-state index in [0.717, 1.165) is 105 Å². The maximum absolute atomic E-state index is 11.5. The molecule has 0 spiro atoms. The first-order valence-electron chi connectivity index (χ1n) is 32.0. The molecule has 5 fully saturated rings. The molecule has 1 N–H and O–H groups in total. The number of ether oxygens (including phenoxy) is 1. The van der Waals surface area contributed by atoms with Crippen molar-refractivity contribution in [2.24, 2.45) is 59.2 Å². The van der Waals surface area contributed by atoms with Gasteiger partial charge in [-0.05, 0) is 149 Å². The highest BCUT2D eigenvalue weighted by Gasteiger charge is 2.29. The van der Waals surface area contributed by atoms with E-state index in [1.807, 2.05) is 4.90 Å². The maximum Gasteiger partial charge on any atom is 0.219 e. The molecule has 0 bridgehead atoms. The number of aliphatic hydroxyl groups is 1. The molecule has 0 atom stereocenters. The minimum atomic E-state index is -2.99. The van der Waals surface area contributed by atoms with Crippen LogP contribution in [0.3, 0.4) is 0 Å². The van der Waals surface area contributed by atoms with Crippen LogP contribution in [-0.4, -0.2) is 130 Å². The first-order chi connectivity index (χ1) is 35.2. The van der Waals surface area contributed by atoms with Crippen molar-refractivity contribution in [3.05, 3.63) is 0 Å². The van der Waals surface area contributed by atoms with Crippen LogP contribution in [0.15, 0.2) is 0 Å². The quantitative estimate of drug-likeness (QED) is 0.0610. The molecule has 0 aromatic heterocycles. The Labute approximate surface area is 463 Å². The van der Waals surface area contributed by atoms with Crippen molar-refractivity contribution in [2.45, 2.75) is 256 Å². The van der Waals surface area contributed by atoms with Gasteiger partial charge in [0.1, 0.15) is 0 Å². The Morgan fingerprint density at radius 1 is 0.459 bits per heavy atom. The van der Waals surface area contributed by atoms with Crippen LogP contribution in [-0.2, 0) is 19.6 Å². The number of hydrogen-bond donors (Lipinski definition) is 1. The number of carbonyl (C=O) groups is 1. The topological polar surface area (TPSA) is 93.6 Å². The summed E-state index contributed by atoms with van der Waals surface area (Å²) in [5.41, 5.74) is 0. The monoisotopic (exact) mass is 1070 g/mol. The summed E-state index contributed by atoms with van der Waals surface area (Å²) >= 11 is 0. The molecule has 0 heterocycles. The van der Waals surface area contributed by atoms with Crippen LogP contribution >= 0.6 is 0 Å². The van der Waals surface area contributed by atoms with Crippen molar-refractivity contribution in [3.63, 3.8) is 0 Å². The number of rotatable bonds is 41. The van der Waals surface area contributed by atoms with Crippen molar-refractivity contribution in [1.29, 1.82) is 0 Å². The third kappa shape index (κ3) is 49.5. The summed E-state index contributed by atoms with van der Waals surface area (Å²) in [7, 11) is -1.19. The van der Waals surface area contributed by atoms with Gasteiger partial charge in [-0.2, -0.15) is 0 Å². The van der Waals surface area contributed by atoms with Crippen LogP contribution in [0.25, 0.3) is 0 Å². The van der Waals surface area contributed by atoms with Crippen molar-refractivity contribution in [2.75, 3.05) is 92.0 Å². The average Bonchev–Trinajstić information content (AvgIpc) is 4.10. The van der Waals surface area contributed by atoms with Crippen LogP contribution in [0, 0.1) is 59.2 Å². The summed E-state index contributed by atoms with van der Waals surface area (Å²) in [6.07, 6.45) is 39.2. The molecule has 0 saturated heterocycles. The number of nitrogens with zero attached hydrogens (tertiary/aromatic N) is 4. The zero-order chi connectivity index (χ0) is 55.2. The van der Waals surface area contributed by atoms with Crippen molar-refractivity contribution in [3.8, 4) is 0 Å². The zero-order valence-corrected chi connectivity index (χ0v) is 52.7. The molecule has 5 aliphatic rings. The molecule has 10 heteroatoms. The highest BCUT2D eigenvalue weighted by Crippen LogP contribution is 2.35. The fourth-order valence-electron chi connectivity index (χ4n) is 9.47. The Morgan fingerprint density at radius 3 is 1.18 bits per heavy atom. The molecule has 5 aliphatic carbocycles. The largest absolute Gasteiger partial charge is 0.395 e. The lowest BCUT2D eigenvalue weighted by atomic mass is 10.0. The lowest BCUT2D eigenvalue weighted by Gasteiger charge is -2.21. The van der Waals surface area contributed by atoms with Gasteiger partial charge in [0.05, 0.1) is 19.5 Å². The van der Waals surface area contributed by atoms with Crippen LogP contribution < -0.4 is 0 Å². The lowest BCUT2D eigenvalue weighted by Crippen LogP contribution is -2.32. The zero-order valence-electron chi connectivity index (χ0n) is 51.8. The third-order valence-electron chi connectivity index (χ3n) is 15.5. The van der Waals surface area contributed by atoms with Crippen molar-refractivity contribution in [1.82, 2.24) is 19.0 Å². The smallest absolute Gasteiger partial charge is 0.219 e. The number of hydrogen-bond acceptors (Lipinski definition) is 7. The summed E-state index contributed by atoms with van der Waals surface area (Å²) in [5, 5.41) is 8.97. The molecule has 0 aromatic rings. The van der Waals surface area contributed by atoms with Crippen LogP contribution in [0.5, 0.6) is 0 Å². The Bertz CT molecular complexity index is 1380. The molecule has 1 amide bonds. The first kappa shape index (κ1) is 71.2. The fourth-order valence-corrected chi connectivity index (χ4v) is 10.4. The normalized spacial score (nSPS) is 16.6. The van der Waals surface area contributed by atoms with Gasteiger partial charge in [0.25, 0.3) is 0 Å². The lowest BCUT2D eigenvalue weighted by molar-refractivity contribution is -0.129. The van der Waals surface area contributed by atoms with E-state index in [2.05, 4.69) is 79.0 Å². The second kappa shape index (κ2) is 44.0. The SMILES string of the molecule is CC(=O)N(CCCCC(C)C)CC1CC1.CC(C)CCCCCCC1CC1.CC(C)CCCCN(CC1CC1)S(C)(=O)=O.CC(C)CCCCN(CCO)CC1CC1.COCCN(CCCCC(C)C)CC1CC1. The predicted molar refractivity (Wildman–Crippen MR) is 321 cm³/mol. The van der Waals surface area contributed by atoms with Crippen molar-refractivity contribution < 1.29 is 23.1 Å². The van der Waals surface area contributed by atoms with E-state index in [1.165, 1.54) is 199 Å². The fraction of sp³-hybridized carbons (Fsp3) is 0.984. The molecular formula is C64H130N4O5S. The van der Waals surface area contributed by atoms with Crippen LogP contribution in [0.4, 0.5) is 0 Å². The number of methoxy groups -OCH3 is 1. The number of carbonyl (C=O) groups excluding carboxylic acids is 1. The summed E-state index contributed by atoms with van der Waals surface area (Å²) < 4.78 is 29.9. The molecule has 0 aliphatic heterocycles. The van der Waals surface area contributed by atoms with Crippen LogP contribution in [0.1, 0.15) is 256 Å². The van der Waals surface area contributed by atoms with Gasteiger partial charge in [0.15, 0.2) is 0 Å². The Balaban J connectivity index is 0.000000464. The van der Waals surface area contributed by atoms with Gasteiger partial charge >= 0.3 is 0 Å². The van der Waals surface area contributed by atoms with Gasteiger partial charge in [-0.25, -0.2) is 12.7 Å². The number of sulfonamides is 1. The van der Waals surface area contributed by atoms with E-state index in [1.54, 1.807) is 18.3 Å². The van der Waals surface area contributed by atoms with Crippen molar-refractivity contribution >= 4 is 15.9 Å². The summed E-state index contributed by atoms with van der Waals surface area (Å²) in [6, 6.07) is 0. The Morgan fingerprint density at radius 2 is 0.811 bits per heavy atom. The standard InChI is InChI=1S/C14H29NO.C13H25NO.C13H27NO.C12H25NO2S.C12H24/c1-13(2)6-4-5-9-15(10-11-16-3)12-14-7-8-14;1-11(2)6-4-5-9-14(12(3)15)10-13-7-8-13;1-12(2)5-3-4-8-14(9-10-15)11-13-6-7-13;1-11(2)6-4-5-9-13(16(3,14)15)10-12-7-8-12;1-11(2)7-5-3-4-6-8-12-9-10-12/h13-14H,4-12H2,1-3H3;11,13H,4-10H2,1-3H3;12-13,15H,3-11H2,1-2H3;11-12H,4-10H2,1-3H3;11-12H,3-10H2,1-2H3. The second-order valence-corrected chi connectivity index (χ2v) is 28.5. The highest BCUT2D eigenvalue weighted by molar-refractivity contribution is 7.88. The molecule has 5 rings (SSSR count). The minimum absolute atomic E-state index is 0.256. The van der Waals surface area contributed by atoms with Gasteiger partial charge in [-0.3, -0.25) is 4.79 Å². The molecule has 0 aromatic carbocycles. The van der Waals surface area contributed by atoms with Gasteiger partial charge < -0.3 is 24.5 Å². The van der Waals surface area contributed by atoms with E-state index in [9.17, 15) is 13.2 Å². The van der Waals surface area contributed by atoms with Crippen LogP contribution in [0.2, 0.25) is 0 Å². The average molecular weight is 1070 g/mol. The van der Waals surface area contributed by atoms with E-state index >= 15 is 0 Å². The predicted octanol–water partition coefficient (Wildman–Crippen LogP) is 15.6. The molecule has 0 radical (unpaired) electrons. The molecule has 9 nitrogen and oxygen atoms in total. The summed E-state index contributed by atoms with van der Waals surface area (Å²) in [6.45, 7) is 36.1. The third-order valence-corrected chi connectivity index (χ3v) is 16.7. The van der Waals surface area contributed by atoms with Gasteiger partial charge in [0, 0.05) is 66.4 Å². The first-order valence-corrected chi connectivity index (χ1v) is 33.8. The number of unbranched alkanes of at least 4 members (excludes halogenated alkanes) is 7. The summed E-state index contributed by atoms with van der Waals surface area (Å²) in [4.78, 5) is 18.4. The van der Waals surface area contributed by atoms with E-state index < -0.39 is 10.0 Å². The molecule has 442 valence electrons. The van der Waals surface area contributed by atoms with E-state index in [0.29, 0.717) is 19.1 Å². The highest BCUT2D eigenvalue weighted by atomic mass is 32.2.